The van der Waals surface area contributed by atoms with Gasteiger partial charge in [-0.1, -0.05) is 27.7 Å². The summed E-state index contributed by atoms with van der Waals surface area (Å²) in [7, 11) is 2.13. The van der Waals surface area contributed by atoms with Gasteiger partial charge in [0.2, 0.25) is 0 Å². The molecule has 0 aliphatic heterocycles. The van der Waals surface area contributed by atoms with Crippen molar-refractivity contribution in [3.8, 4) is 0 Å². The summed E-state index contributed by atoms with van der Waals surface area (Å²) in [5, 5.41) is 3.54. The topological polar surface area (TPSA) is 15.3 Å². The van der Waals surface area contributed by atoms with Crippen molar-refractivity contribution in [3.63, 3.8) is 0 Å². The van der Waals surface area contributed by atoms with Gasteiger partial charge < -0.3 is 5.32 Å². The molecule has 17 heavy (non-hydrogen) atoms. The zero-order valence-electron chi connectivity index (χ0n) is 12.7. The Balaban J connectivity index is 2.80. The van der Waals surface area contributed by atoms with E-state index in [0.717, 1.165) is 0 Å². The monoisotopic (exact) mass is 240 g/mol. The lowest BCUT2D eigenvalue weighted by Gasteiger charge is -2.47. The highest BCUT2D eigenvalue weighted by molar-refractivity contribution is 4.94. The molecule has 0 amide bonds. The van der Waals surface area contributed by atoms with Crippen LogP contribution in [-0.4, -0.2) is 36.6 Å². The summed E-state index contributed by atoms with van der Waals surface area (Å²) in [6, 6.07) is 2.09. The lowest BCUT2D eigenvalue weighted by Crippen LogP contribution is -2.56. The average Bonchev–Trinajstić information content (AvgIpc) is 2.29. The van der Waals surface area contributed by atoms with Crippen LogP contribution in [0.15, 0.2) is 0 Å². The first-order valence-electron chi connectivity index (χ1n) is 7.38. The summed E-state index contributed by atoms with van der Waals surface area (Å²) >= 11 is 0. The first-order valence-corrected chi connectivity index (χ1v) is 7.38. The fourth-order valence-electron chi connectivity index (χ4n) is 3.34. The molecular weight excluding hydrogens is 208 g/mol. The summed E-state index contributed by atoms with van der Waals surface area (Å²) in [4.78, 5) is 2.71. The lowest BCUT2D eigenvalue weighted by atomic mass is 9.72. The minimum Gasteiger partial charge on any atom is -0.315 e. The van der Waals surface area contributed by atoms with Gasteiger partial charge in [0.1, 0.15) is 0 Å². The van der Waals surface area contributed by atoms with Crippen molar-refractivity contribution in [2.75, 3.05) is 13.6 Å². The van der Waals surface area contributed by atoms with E-state index in [1.807, 2.05) is 0 Å². The number of rotatable bonds is 5. The van der Waals surface area contributed by atoms with Crippen molar-refractivity contribution in [2.24, 2.45) is 5.41 Å². The molecule has 1 fully saturated rings. The highest BCUT2D eigenvalue weighted by Gasteiger charge is 2.37. The normalized spacial score (nSPS) is 30.5. The number of nitrogens with one attached hydrogen (secondary N) is 1. The SMILES string of the molecule is CCC(C)N(CC)C1CC(C)(C)CCC1NC. The minimum atomic E-state index is 0.513. The Hall–Kier alpha value is -0.0800. The molecule has 0 aromatic heterocycles. The average molecular weight is 240 g/mol. The van der Waals surface area contributed by atoms with E-state index in [1.165, 1.54) is 32.2 Å². The van der Waals surface area contributed by atoms with Crippen LogP contribution in [0.5, 0.6) is 0 Å². The number of hydrogen-bond acceptors (Lipinski definition) is 2. The molecule has 1 aliphatic carbocycles. The first kappa shape index (κ1) is 15.0. The van der Waals surface area contributed by atoms with Gasteiger partial charge in [-0.25, -0.2) is 0 Å². The summed E-state index contributed by atoms with van der Waals surface area (Å²) in [6.07, 6.45) is 5.26. The molecule has 0 heterocycles. The maximum Gasteiger partial charge on any atom is 0.0257 e. The Morgan fingerprint density at radius 3 is 2.47 bits per heavy atom. The zero-order chi connectivity index (χ0) is 13.1. The van der Waals surface area contributed by atoms with Gasteiger partial charge in [0.25, 0.3) is 0 Å². The van der Waals surface area contributed by atoms with Crippen LogP contribution in [0, 0.1) is 5.41 Å². The summed E-state index contributed by atoms with van der Waals surface area (Å²) in [5.74, 6) is 0. The van der Waals surface area contributed by atoms with Gasteiger partial charge in [0.15, 0.2) is 0 Å². The lowest BCUT2D eigenvalue weighted by molar-refractivity contribution is 0.0451. The molecule has 0 spiro atoms. The van der Waals surface area contributed by atoms with Crippen molar-refractivity contribution < 1.29 is 0 Å². The van der Waals surface area contributed by atoms with Gasteiger partial charge in [-0.3, -0.25) is 4.90 Å². The van der Waals surface area contributed by atoms with Gasteiger partial charge in [-0.15, -0.1) is 0 Å². The molecule has 0 aromatic carbocycles. The number of hydrogen-bond donors (Lipinski definition) is 1. The Morgan fingerprint density at radius 2 is 2.00 bits per heavy atom. The summed E-state index contributed by atoms with van der Waals surface area (Å²) < 4.78 is 0. The predicted molar refractivity (Wildman–Crippen MR) is 76.4 cm³/mol. The largest absolute Gasteiger partial charge is 0.315 e. The van der Waals surface area contributed by atoms with Gasteiger partial charge in [0, 0.05) is 18.1 Å². The smallest absolute Gasteiger partial charge is 0.0257 e. The van der Waals surface area contributed by atoms with Gasteiger partial charge in [0.05, 0.1) is 0 Å². The molecule has 2 heteroatoms. The third-order valence-electron chi connectivity index (χ3n) is 4.68. The van der Waals surface area contributed by atoms with Gasteiger partial charge in [-0.2, -0.15) is 0 Å². The van der Waals surface area contributed by atoms with Crippen LogP contribution in [0.2, 0.25) is 0 Å². The van der Waals surface area contributed by atoms with Gasteiger partial charge in [-0.05, 0) is 51.6 Å². The fourth-order valence-corrected chi connectivity index (χ4v) is 3.34. The van der Waals surface area contributed by atoms with Crippen molar-refractivity contribution in [2.45, 2.75) is 78.4 Å². The minimum absolute atomic E-state index is 0.513. The predicted octanol–water partition coefficient (Wildman–Crippen LogP) is 3.27. The molecular formula is C15H32N2. The Morgan fingerprint density at radius 1 is 1.35 bits per heavy atom. The van der Waals surface area contributed by atoms with Crippen molar-refractivity contribution in [1.29, 1.82) is 0 Å². The molecule has 3 atom stereocenters. The molecule has 1 N–H and O–H groups in total. The van der Waals surface area contributed by atoms with E-state index in [-0.39, 0.29) is 0 Å². The van der Waals surface area contributed by atoms with Crippen molar-refractivity contribution in [1.82, 2.24) is 10.2 Å². The van der Waals surface area contributed by atoms with E-state index in [0.29, 0.717) is 23.5 Å². The highest BCUT2D eigenvalue weighted by Crippen LogP contribution is 2.38. The quantitative estimate of drug-likeness (QED) is 0.793. The summed E-state index contributed by atoms with van der Waals surface area (Å²) in [5.41, 5.74) is 0.513. The van der Waals surface area contributed by atoms with Crippen LogP contribution in [-0.2, 0) is 0 Å². The maximum absolute atomic E-state index is 3.54. The Kier molecular flexibility index (Phi) is 5.46. The fraction of sp³-hybridized carbons (Fsp3) is 1.00. The van der Waals surface area contributed by atoms with Gasteiger partial charge >= 0.3 is 0 Å². The van der Waals surface area contributed by atoms with E-state index in [9.17, 15) is 0 Å². The summed E-state index contributed by atoms with van der Waals surface area (Å²) in [6.45, 7) is 13.0. The van der Waals surface area contributed by atoms with E-state index in [2.05, 4.69) is 51.9 Å². The molecule has 0 saturated heterocycles. The Bertz CT molecular complexity index is 225. The Labute approximate surface area is 108 Å². The second-order valence-electron chi connectivity index (χ2n) is 6.46. The molecule has 0 radical (unpaired) electrons. The second kappa shape index (κ2) is 6.19. The number of likely N-dealkylation sites (N-methyl/N-ethyl adjacent to an activating group) is 2. The van der Waals surface area contributed by atoms with Crippen LogP contribution in [0.25, 0.3) is 0 Å². The third kappa shape index (κ3) is 3.69. The molecule has 3 unspecified atom stereocenters. The second-order valence-corrected chi connectivity index (χ2v) is 6.46. The first-order chi connectivity index (χ1) is 7.95. The van der Waals surface area contributed by atoms with E-state index < -0.39 is 0 Å². The van der Waals surface area contributed by atoms with Crippen LogP contribution in [0.1, 0.15) is 60.3 Å². The molecule has 0 bridgehead atoms. The number of nitrogens with zero attached hydrogens (tertiary/aromatic N) is 1. The molecule has 1 saturated carbocycles. The zero-order valence-corrected chi connectivity index (χ0v) is 12.7. The van der Waals surface area contributed by atoms with Crippen LogP contribution in [0.4, 0.5) is 0 Å². The highest BCUT2D eigenvalue weighted by atomic mass is 15.2. The molecule has 1 rings (SSSR count). The molecule has 1 aliphatic rings. The molecule has 102 valence electrons. The standard InChI is InChI=1S/C15H32N2/c1-7-12(3)17(8-2)14-11-15(4,5)10-9-13(14)16-6/h12-14,16H,7-11H2,1-6H3. The van der Waals surface area contributed by atoms with Crippen molar-refractivity contribution in [3.05, 3.63) is 0 Å². The molecule has 0 aromatic rings. The van der Waals surface area contributed by atoms with E-state index in [1.54, 1.807) is 0 Å². The van der Waals surface area contributed by atoms with E-state index >= 15 is 0 Å². The van der Waals surface area contributed by atoms with Crippen LogP contribution < -0.4 is 5.32 Å². The van der Waals surface area contributed by atoms with E-state index in [4.69, 9.17) is 0 Å². The third-order valence-corrected chi connectivity index (χ3v) is 4.68. The van der Waals surface area contributed by atoms with Crippen LogP contribution >= 0.6 is 0 Å². The molecule has 2 nitrogen and oxygen atoms in total. The van der Waals surface area contributed by atoms with Crippen molar-refractivity contribution >= 4 is 0 Å². The van der Waals surface area contributed by atoms with Crippen LogP contribution in [0.3, 0.4) is 0 Å². The maximum atomic E-state index is 3.54.